The van der Waals surface area contributed by atoms with Crippen LogP contribution in [0, 0.1) is 0 Å². The summed E-state index contributed by atoms with van der Waals surface area (Å²) in [4.78, 5) is 0. The highest BCUT2D eigenvalue weighted by Gasteiger charge is 2.45. The van der Waals surface area contributed by atoms with Gasteiger partial charge in [-0.2, -0.15) is 17.0 Å². The number of hydrogen-bond donors (Lipinski definition) is 0. The minimum atomic E-state index is -3.10. The SMILES string of the molecule is O=S(=O)(N1CCCCC1)N1C[C@@H]1CP. The van der Waals surface area contributed by atoms with Crippen molar-refractivity contribution in [1.29, 1.82) is 0 Å². The molecule has 2 unspecified atom stereocenters. The van der Waals surface area contributed by atoms with E-state index in [-0.39, 0.29) is 6.04 Å². The molecule has 0 spiro atoms. The molecule has 6 heteroatoms. The van der Waals surface area contributed by atoms with E-state index in [1.165, 1.54) is 6.42 Å². The summed E-state index contributed by atoms with van der Waals surface area (Å²) in [6.45, 7) is 2.13. The normalized spacial score (nSPS) is 34.4. The lowest BCUT2D eigenvalue weighted by Gasteiger charge is -2.26. The molecule has 2 aliphatic rings. The van der Waals surface area contributed by atoms with Crippen LogP contribution in [0.2, 0.25) is 0 Å². The summed E-state index contributed by atoms with van der Waals surface area (Å²) >= 11 is 0. The zero-order chi connectivity index (χ0) is 10.2. The molecule has 0 radical (unpaired) electrons. The van der Waals surface area contributed by atoms with Crippen LogP contribution in [0.5, 0.6) is 0 Å². The van der Waals surface area contributed by atoms with Gasteiger partial charge in [-0.3, -0.25) is 0 Å². The molecule has 2 aliphatic heterocycles. The Morgan fingerprint density at radius 3 is 2.36 bits per heavy atom. The van der Waals surface area contributed by atoms with Gasteiger partial charge in [0.1, 0.15) is 0 Å². The summed E-state index contributed by atoms with van der Waals surface area (Å²) in [6, 6.07) is 0.243. The second kappa shape index (κ2) is 4.05. The van der Waals surface area contributed by atoms with E-state index in [4.69, 9.17) is 0 Å². The third kappa shape index (κ3) is 1.96. The van der Waals surface area contributed by atoms with E-state index in [0.717, 1.165) is 19.0 Å². The highest BCUT2D eigenvalue weighted by atomic mass is 32.2. The molecule has 0 saturated carbocycles. The van der Waals surface area contributed by atoms with Crippen molar-refractivity contribution in [2.75, 3.05) is 25.8 Å². The minimum Gasteiger partial charge on any atom is -0.195 e. The maximum atomic E-state index is 12.0. The largest absolute Gasteiger partial charge is 0.282 e. The molecule has 0 aromatic carbocycles. The fourth-order valence-corrected chi connectivity index (χ4v) is 4.28. The van der Waals surface area contributed by atoms with Gasteiger partial charge in [-0.25, -0.2) is 0 Å². The van der Waals surface area contributed by atoms with Gasteiger partial charge >= 0.3 is 0 Å². The third-order valence-electron chi connectivity index (χ3n) is 2.87. The molecule has 0 amide bonds. The van der Waals surface area contributed by atoms with E-state index < -0.39 is 10.2 Å². The molecule has 2 saturated heterocycles. The Balaban J connectivity index is 2.01. The van der Waals surface area contributed by atoms with Crippen LogP contribution in [0.15, 0.2) is 0 Å². The van der Waals surface area contributed by atoms with Crippen LogP contribution in [0.1, 0.15) is 19.3 Å². The van der Waals surface area contributed by atoms with Gasteiger partial charge < -0.3 is 0 Å². The zero-order valence-corrected chi connectivity index (χ0v) is 10.2. The van der Waals surface area contributed by atoms with Crippen molar-refractivity contribution in [2.24, 2.45) is 0 Å². The number of rotatable bonds is 3. The van der Waals surface area contributed by atoms with Gasteiger partial charge in [0.15, 0.2) is 0 Å². The summed E-state index contributed by atoms with van der Waals surface area (Å²) in [5.41, 5.74) is 0. The molecule has 82 valence electrons. The monoisotopic (exact) mass is 236 g/mol. The van der Waals surface area contributed by atoms with Crippen molar-refractivity contribution in [1.82, 2.24) is 8.61 Å². The summed E-state index contributed by atoms with van der Waals surface area (Å²) in [7, 11) is -0.494. The van der Waals surface area contributed by atoms with E-state index in [0.29, 0.717) is 19.6 Å². The fraction of sp³-hybridized carbons (Fsp3) is 1.00. The molecule has 2 rings (SSSR count). The van der Waals surface area contributed by atoms with Gasteiger partial charge in [0, 0.05) is 25.7 Å². The predicted molar refractivity (Wildman–Crippen MR) is 59.4 cm³/mol. The van der Waals surface area contributed by atoms with Crippen LogP contribution in [-0.2, 0) is 10.2 Å². The number of piperidine rings is 1. The molecule has 14 heavy (non-hydrogen) atoms. The molecular formula is C8H17N2O2PS. The lowest BCUT2D eigenvalue weighted by Crippen LogP contribution is -2.40. The lowest BCUT2D eigenvalue weighted by atomic mass is 10.2. The predicted octanol–water partition coefficient (Wildman–Crippen LogP) is 0.276. The van der Waals surface area contributed by atoms with Gasteiger partial charge in [0.25, 0.3) is 10.2 Å². The van der Waals surface area contributed by atoms with Crippen LogP contribution in [0.3, 0.4) is 0 Å². The first-order valence-electron chi connectivity index (χ1n) is 5.13. The maximum absolute atomic E-state index is 12.0. The second-order valence-electron chi connectivity index (χ2n) is 3.93. The first-order chi connectivity index (χ1) is 6.66. The van der Waals surface area contributed by atoms with Crippen LogP contribution in [0.25, 0.3) is 0 Å². The minimum absolute atomic E-state index is 0.243. The maximum Gasteiger partial charge on any atom is 0.282 e. The first kappa shape index (κ1) is 10.8. The van der Waals surface area contributed by atoms with E-state index >= 15 is 0 Å². The highest BCUT2D eigenvalue weighted by molar-refractivity contribution is 7.87. The van der Waals surface area contributed by atoms with Crippen LogP contribution < -0.4 is 0 Å². The molecule has 0 aliphatic carbocycles. The van der Waals surface area contributed by atoms with Crippen molar-refractivity contribution in [3.05, 3.63) is 0 Å². The summed E-state index contributed by atoms with van der Waals surface area (Å²) in [5.74, 6) is 0. The Labute approximate surface area is 88.0 Å². The molecule has 0 bridgehead atoms. The Bertz CT molecular complexity index is 300. The third-order valence-corrected chi connectivity index (χ3v) is 5.48. The molecule has 2 fully saturated rings. The first-order valence-corrected chi connectivity index (χ1v) is 7.34. The van der Waals surface area contributed by atoms with Crippen molar-refractivity contribution >= 4 is 19.4 Å². The molecule has 3 atom stereocenters. The van der Waals surface area contributed by atoms with Gasteiger partial charge in [0.05, 0.1) is 0 Å². The topological polar surface area (TPSA) is 40.4 Å². The fourth-order valence-electron chi connectivity index (χ4n) is 1.88. The average molecular weight is 236 g/mol. The molecule has 0 N–H and O–H groups in total. The smallest absolute Gasteiger partial charge is 0.195 e. The molecule has 0 aromatic rings. The molecule has 2 heterocycles. The quantitative estimate of drug-likeness (QED) is 0.521. The van der Waals surface area contributed by atoms with Gasteiger partial charge in [0.2, 0.25) is 0 Å². The van der Waals surface area contributed by atoms with E-state index in [2.05, 4.69) is 9.24 Å². The summed E-state index contributed by atoms with van der Waals surface area (Å²) in [5, 5.41) is 0. The van der Waals surface area contributed by atoms with Crippen LogP contribution in [-0.4, -0.2) is 48.9 Å². The van der Waals surface area contributed by atoms with E-state index in [9.17, 15) is 8.42 Å². The van der Waals surface area contributed by atoms with Crippen molar-refractivity contribution < 1.29 is 8.42 Å². The van der Waals surface area contributed by atoms with Gasteiger partial charge in [-0.05, 0) is 19.0 Å². The number of nitrogens with zero attached hydrogens (tertiary/aromatic N) is 2. The Morgan fingerprint density at radius 1 is 1.21 bits per heavy atom. The van der Waals surface area contributed by atoms with Crippen molar-refractivity contribution in [2.45, 2.75) is 25.3 Å². The van der Waals surface area contributed by atoms with Crippen LogP contribution in [0.4, 0.5) is 0 Å². The molecule has 0 aromatic heterocycles. The van der Waals surface area contributed by atoms with Crippen LogP contribution >= 0.6 is 9.24 Å². The summed E-state index contributed by atoms with van der Waals surface area (Å²) < 4.78 is 27.2. The van der Waals surface area contributed by atoms with Gasteiger partial charge in [-0.1, -0.05) is 6.42 Å². The average Bonchev–Trinajstić information content (AvgIpc) is 2.98. The standard InChI is InChI=1S/C8H17N2O2PS/c11-14(12,10-6-8(10)7-13)9-4-2-1-3-5-9/h8H,1-7,13H2/t8-,10?/m1/s1. The zero-order valence-electron chi connectivity index (χ0n) is 8.22. The Hall–Kier alpha value is 0.300. The number of hydrogen-bond acceptors (Lipinski definition) is 2. The highest BCUT2D eigenvalue weighted by Crippen LogP contribution is 2.28. The Morgan fingerprint density at radius 2 is 1.86 bits per heavy atom. The van der Waals surface area contributed by atoms with E-state index in [1.54, 1.807) is 8.61 Å². The second-order valence-corrected chi connectivity index (χ2v) is 6.28. The van der Waals surface area contributed by atoms with Crippen molar-refractivity contribution in [3.63, 3.8) is 0 Å². The molecule has 4 nitrogen and oxygen atoms in total. The summed E-state index contributed by atoms with van der Waals surface area (Å²) in [6.07, 6.45) is 4.05. The van der Waals surface area contributed by atoms with Crippen molar-refractivity contribution in [3.8, 4) is 0 Å². The van der Waals surface area contributed by atoms with Gasteiger partial charge in [-0.15, -0.1) is 9.24 Å². The van der Waals surface area contributed by atoms with E-state index in [1.807, 2.05) is 0 Å². The molecular weight excluding hydrogens is 219 g/mol. The Kier molecular flexibility index (Phi) is 3.12. The lowest BCUT2D eigenvalue weighted by molar-refractivity contribution is 0.333.